The summed E-state index contributed by atoms with van der Waals surface area (Å²) in [7, 11) is 0. The number of nitrogens with two attached hydrogens (primary N) is 1. The van der Waals surface area contributed by atoms with E-state index in [0.717, 1.165) is 23.2 Å². The molecular formula is C23H22N4OS. The first-order valence-corrected chi connectivity index (χ1v) is 10.5. The maximum atomic E-state index is 9.78. The Morgan fingerprint density at radius 3 is 2.55 bits per heavy atom. The van der Waals surface area contributed by atoms with Crippen LogP contribution in [-0.2, 0) is 12.2 Å². The summed E-state index contributed by atoms with van der Waals surface area (Å²) < 4.78 is 5.66. The van der Waals surface area contributed by atoms with Crippen molar-refractivity contribution in [2.75, 3.05) is 0 Å². The second kappa shape index (κ2) is 8.06. The number of nitrogens with zero attached hydrogens (tertiary/aromatic N) is 2. The Morgan fingerprint density at radius 2 is 1.90 bits per heavy atom. The lowest BCUT2D eigenvalue weighted by Crippen LogP contribution is -2.21. The lowest BCUT2D eigenvalue weighted by Gasteiger charge is -2.24. The van der Waals surface area contributed by atoms with Gasteiger partial charge in [0.05, 0.1) is 17.2 Å². The molecule has 1 aromatic heterocycles. The van der Waals surface area contributed by atoms with Crippen molar-refractivity contribution in [2.45, 2.75) is 36.8 Å². The molecule has 0 saturated heterocycles. The summed E-state index contributed by atoms with van der Waals surface area (Å²) >= 11 is 1.72. The van der Waals surface area contributed by atoms with E-state index in [9.17, 15) is 5.26 Å². The van der Waals surface area contributed by atoms with Crippen LogP contribution in [0.2, 0.25) is 0 Å². The van der Waals surface area contributed by atoms with Crippen LogP contribution in [0.4, 0.5) is 0 Å². The van der Waals surface area contributed by atoms with Gasteiger partial charge in [0.25, 0.3) is 0 Å². The number of aromatic amines is 1. The molecule has 1 atom stereocenters. The third-order valence-electron chi connectivity index (χ3n) is 5.14. The monoisotopic (exact) mass is 402 g/mol. The molecule has 6 heteroatoms. The summed E-state index contributed by atoms with van der Waals surface area (Å²) in [5.41, 5.74) is 11.8. The van der Waals surface area contributed by atoms with Crippen LogP contribution in [0.5, 0.6) is 5.88 Å². The largest absolute Gasteiger partial charge is 0.420 e. The molecule has 146 valence electrons. The van der Waals surface area contributed by atoms with Gasteiger partial charge in [-0.3, -0.25) is 5.10 Å². The zero-order valence-electron chi connectivity index (χ0n) is 16.4. The van der Waals surface area contributed by atoms with Gasteiger partial charge < -0.3 is 10.5 Å². The molecule has 0 radical (unpaired) electrons. The van der Waals surface area contributed by atoms with Crippen LogP contribution >= 0.6 is 11.8 Å². The van der Waals surface area contributed by atoms with Gasteiger partial charge in [0.1, 0.15) is 11.6 Å². The number of nitrogens with one attached hydrogen (secondary N) is 1. The number of ether oxygens (including phenoxy) is 1. The van der Waals surface area contributed by atoms with Crippen LogP contribution in [0, 0.1) is 18.3 Å². The van der Waals surface area contributed by atoms with E-state index in [0.29, 0.717) is 17.2 Å². The fourth-order valence-electron chi connectivity index (χ4n) is 3.49. The topological polar surface area (TPSA) is 87.7 Å². The van der Waals surface area contributed by atoms with E-state index in [1.54, 1.807) is 11.8 Å². The minimum absolute atomic E-state index is 0.119. The molecule has 0 amide bonds. The number of benzene rings is 2. The zero-order chi connectivity index (χ0) is 20.4. The van der Waals surface area contributed by atoms with Gasteiger partial charge in [-0.15, -0.1) is 16.9 Å². The second-order valence-electron chi connectivity index (χ2n) is 7.04. The van der Waals surface area contributed by atoms with E-state index in [1.165, 1.54) is 16.0 Å². The first-order chi connectivity index (χ1) is 14.1. The average molecular weight is 403 g/mol. The van der Waals surface area contributed by atoms with Crippen molar-refractivity contribution in [3.63, 3.8) is 0 Å². The van der Waals surface area contributed by atoms with Gasteiger partial charge in [-0.05, 0) is 36.6 Å². The number of thioether (sulfide) groups is 1. The highest BCUT2D eigenvalue weighted by molar-refractivity contribution is 7.98. The average Bonchev–Trinajstić information content (AvgIpc) is 3.14. The van der Waals surface area contributed by atoms with Gasteiger partial charge in [0.15, 0.2) is 0 Å². The summed E-state index contributed by atoms with van der Waals surface area (Å²) in [5, 5.41) is 17.2. The van der Waals surface area contributed by atoms with Crippen molar-refractivity contribution in [1.29, 1.82) is 5.26 Å². The number of hydrogen-bond acceptors (Lipinski definition) is 5. The number of aryl methyl sites for hydroxylation is 2. The third-order valence-corrected chi connectivity index (χ3v) is 6.18. The van der Waals surface area contributed by atoms with Gasteiger partial charge in [-0.1, -0.05) is 48.9 Å². The van der Waals surface area contributed by atoms with Crippen molar-refractivity contribution in [3.05, 3.63) is 87.9 Å². The van der Waals surface area contributed by atoms with Crippen LogP contribution in [0.3, 0.4) is 0 Å². The lowest BCUT2D eigenvalue weighted by molar-refractivity contribution is 0.379. The molecule has 29 heavy (non-hydrogen) atoms. The Kier molecular flexibility index (Phi) is 5.32. The molecule has 0 fully saturated rings. The molecule has 0 spiro atoms. The minimum atomic E-state index is -0.290. The molecule has 0 aliphatic carbocycles. The standard InChI is InChI=1S/C23H22N4OS/c1-3-15-6-8-16(9-7-15)20-18(12-24)22(25)28-23-21(20)19(26-27-23)13-29-17-10-4-14(2)5-11-17/h4-11,20H,3,13,25H2,1-2H3,(H,26,27). The molecule has 1 unspecified atom stereocenters. The highest BCUT2D eigenvalue weighted by atomic mass is 32.2. The smallest absolute Gasteiger partial charge is 0.244 e. The summed E-state index contributed by atoms with van der Waals surface area (Å²) in [6.07, 6.45) is 0.965. The predicted octanol–water partition coefficient (Wildman–Crippen LogP) is 4.79. The second-order valence-corrected chi connectivity index (χ2v) is 8.09. The maximum absolute atomic E-state index is 9.78. The van der Waals surface area contributed by atoms with E-state index in [4.69, 9.17) is 10.5 Å². The van der Waals surface area contributed by atoms with Gasteiger partial charge in [0, 0.05) is 10.6 Å². The number of allylic oxidation sites excluding steroid dienone is 1. The quantitative estimate of drug-likeness (QED) is 0.599. The number of rotatable bonds is 5. The first-order valence-electron chi connectivity index (χ1n) is 9.53. The summed E-state index contributed by atoms with van der Waals surface area (Å²) in [4.78, 5) is 1.18. The normalized spacial score (nSPS) is 15.6. The first kappa shape index (κ1) is 19.2. The van der Waals surface area contributed by atoms with E-state index in [2.05, 4.69) is 78.6 Å². The van der Waals surface area contributed by atoms with Crippen molar-refractivity contribution >= 4 is 11.8 Å². The van der Waals surface area contributed by atoms with E-state index in [-0.39, 0.29) is 11.8 Å². The SMILES string of the molecule is CCc1ccc(C2C(C#N)=C(N)Oc3n[nH]c(CSc4ccc(C)cc4)c32)cc1. The molecule has 3 N–H and O–H groups in total. The van der Waals surface area contributed by atoms with Crippen LogP contribution in [0.1, 0.15) is 40.8 Å². The van der Waals surface area contributed by atoms with Crippen molar-refractivity contribution < 1.29 is 4.74 Å². The molecule has 1 aliphatic heterocycles. The highest BCUT2D eigenvalue weighted by Crippen LogP contribution is 2.44. The molecule has 2 heterocycles. The van der Waals surface area contributed by atoms with Crippen molar-refractivity contribution in [1.82, 2.24) is 10.2 Å². The van der Waals surface area contributed by atoms with Crippen LogP contribution in [0.25, 0.3) is 0 Å². The number of fused-ring (bicyclic) bond motifs is 1. The Labute approximate surface area is 174 Å². The molecule has 1 aliphatic rings. The fourth-order valence-corrected chi connectivity index (χ4v) is 4.35. The molecule has 0 bridgehead atoms. The summed E-state index contributed by atoms with van der Waals surface area (Å²) in [6.45, 7) is 4.20. The molecule has 5 nitrogen and oxygen atoms in total. The van der Waals surface area contributed by atoms with Crippen LogP contribution in [0.15, 0.2) is 64.9 Å². The number of hydrogen-bond donors (Lipinski definition) is 2. The van der Waals surface area contributed by atoms with Crippen molar-refractivity contribution in [3.8, 4) is 11.9 Å². The molecule has 4 rings (SSSR count). The minimum Gasteiger partial charge on any atom is -0.420 e. The Balaban J connectivity index is 1.70. The third kappa shape index (κ3) is 3.74. The maximum Gasteiger partial charge on any atom is 0.244 e. The molecule has 3 aromatic rings. The van der Waals surface area contributed by atoms with Crippen LogP contribution in [-0.4, -0.2) is 10.2 Å². The predicted molar refractivity (Wildman–Crippen MR) is 114 cm³/mol. The Bertz CT molecular complexity index is 1090. The Morgan fingerprint density at radius 1 is 1.17 bits per heavy atom. The van der Waals surface area contributed by atoms with Gasteiger partial charge in [-0.2, -0.15) is 5.26 Å². The van der Waals surface area contributed by atoms with Crippen LogP contribution < -0.4 is 10.5 Å². The highest BCUT2D eigenvalue weighted by Gasteiger charge is 2.35. The van der Waals surface area contributed by atoms with E-state index < -0.39 is 0 Å². The zero-order valence-corrected chi connectivity index (χ0v) is 17.2. The number of nitriles is 1. The van der Waals surface area contributed by atoms with Crippen molar-refractivity contribution in [2.24, 2.45) is 5.73 Å². The molecule has 2 aromatic carbocycles. The van der Waals surface area contributed by atoms with Gasteiger partial charge in [-0.25, -0.2) is 0 Å². The van der Waals surface area contributed by atoms with Gasteiger partial charge in [0.2, 0.25) is 11.8 Å². The van der Waals surface area contributed by atoms with Gasteiger partial charge >= 0.3 is 0 Å². The molecule has 0 saturated carbocycles. The molecular weight excluding hydrogens is 380 g/mol. The summed E-state index contributed by atoms with van der Waals surface area (Å²) in [5.74, 6) is 0.970. The van der Waals surface area contributed by atoms with E-state index >= 15 is 0 Å². The number of H-pyrrole nitrogens is 1. The Hall–Kier alpha value is -3.17. The lowest BCUT2D eigenvalue weighted by atomic mass is 9.84. The summed E-state index contributed by atoms with van der Waals surface area (Å²) in [6, 6.07) is 19.0. The van der Waals surface area contributed by atoms with E-state index in [1.807, 2.05) is 0 Å². The fraction of sp³-hybridized carbons (Fsp3) is 0.217. The number of aromatic nitrogens is 2.